The van der Waals surface area contributed by atoms with E-state index in [0.29, 0.717) is 0 Å². The average molecular weight is 1360 g/mol. The molecular weight excluding hydrogens is 1190 g/mol. The minimum atomic E-state index is 1.11. The predicted molar refractivity (Wildman–Crippen MR) is 418 cm³/mol. The fraction of sp³-hybridized carbons (Fsp3) is 1.00. The van der Waals surface area contributed by atoms with Crippen LogP contribution in [0.5, 0.6) is 0 Å². The smallest absolute Gasteiger partial charge is 0.0799 e. The summed E-state index contributed by atoms with van der Waals surface area (Å²) in [7, 11) is 0. The lowest BCUT2D eigenvalue weighted by Gasteiger charge is -2.40. The monoisotopic (exact) mass is 1360 g/mol. The van der Waals surface area contributed by atoms with Gasteiger partial charge in [-0.3, -0.25) is 0 Å². The molecule has 3 rings (SSSR count). The number of nitrogens with one attached hydrogen (secondary N) is 18. The molecule has 0 atom stereocenters. The van der Waals surface area contributed by atoms with Gasteiger partial charge in [0.25, 0.3) is 0 Å². The van der Waals surface area contributed by atoms with Crippen molar-refractivity contribution in [1.29, 1.82) is 0 Å². The zero-order chi connectivity index (χ0) is 67.4. The van der Waals surface area contributed by atoms with Crippen molar-refractivity contribution < 1.29 is 4.48 Å². The Morgan fingerprint density at radius 3 is 0.458 bits per heavy atom. The third kappa shape index (κ3) is 64.0. The number of nitrogens with zero attached hydrogens (tertiary/aromatic N) is 3. The summed E-state index contributed by atoms with van der Waals surface area (Å²) >= 11 is 0. The predicted octanol–water partition coefficient (Wildman–Crippen LogP) is 3.37. The van der Waals surface area contributed by atoms with Crippen molar-refractivity contribution in [3.8, 4) is 0 Å². The van der Waals surface area contributed by atoms with Gasteiger partial charge in [-0.05, 0) is 409 Å². The molecule has 18 N–H and O–H groups in total. The fourth-order valence-corrected chi connectivity index (χ4v) is 13.7. The van der Waals surface area contributed by atoms with E-state index in [1.54, 1.807) is 0 Å². The van der Waals surface area contributed by atoms with E-state index < -0.39 is 0 Å². The molecule has 0 unspecified atom stereocenters. The van der Waals surface area contributed by atoms with Crippen molar-refractivity contribution >= 4 is 0 Å². The molecule has 0 amide bonds. The Kier molecular flexibility index (Phi) is 70.1. The number of hydrogen-bond donors (Lipinski definition) is 18. The van der Waals surface area contributed by atoms with E-state index in [4.69, 9.17) is 0 Å². The zero-order valence-corrected chi connectivity index (χ0v) is 63.4. The topological polar surface area (TPSA) is 223 Å². The molecule has 3 saturated heterocycles. The second-order valence-corrected chi connectivity index (χ2v) is 28.7. The Balaban J connectivity index is 1.72. The molecular formula is C75H168N21+. The molecule has 21 heteroatoms. The molecule has 3 heterocycles. The number of hydrogen-bond acceptors (Lipinski definition) is 20. The van der Waals surface area contributed by atoms with Crippen LogP contribution < -0.4 is 95.7 Å². The average Bonchev–Trinajstić information content (AvgIpc) is 1.02. The molecule has 3 fully saturated rings. The Hall–Kier alpha value is -0.840. The van der Waals surface area contributed by atoms with Gasteiger partial charge in [0.2, 0.25) is 0 Å². The van der Waals surface area contributed by atoms with Crippen LogP contribution in [-0.2, 0) is 0 Å². The summed E-state index contributed by atoms with van der Waals surface area (Å²) in [6.07, 6.45) is 35.8. The fourth-order valence-electron chi connectivity index (χ4n) is 13.7. The van der Waals surface area contributed by atoms with E-state index in [2.05, 4.69) is 106 Å². The van der Waals surface area contributed by atoms with Gasteiger partial charge in [-0.2, -0.15) is 0 Å². The molecule has 0 spiro atoms. The maximum Gasteiger partial charge on any atom is 0.0799 e. The van der Waals surface area contributed by atoms with Gasteiger partial charge in [0, 0.05) is 51.9 Å². The third-order valence-electron chi connectivity index (χ3n) is 19.6. The molecule has 572 valence electrons. The first-order valence-corrected chi connectivity index (χ1v) is 41.9. The lowest BCUT2D eigenvalue weighted by atomic mass is 10.1. The van der Waals surface area contributed by atoms with E-state index in [-0.39, 0.29) is 0 Å². The van der Waals surface area contributed by atoms with Crippen LogP contribution in [0.1, 0.15) is 186 Å². The second-order valence-electron chi connectivity index (χ2n) is 28.7. The molecule has 3 aliphatic heterocycles. The Morgan fingerprint density at radius 1 is 0.156 bits per heavy atom. The van der Waals surface area contributed by atoms with Crippen LogP contribution >= 0.6 is 0 Å². The van der Waals surface area contributed by atoms with Gasteiger partial charge < -0.3 is 110 Å². The molecule has 3 aliphatic rings. The second kappa shape index (κ2) is 75.3. The molecule has 0 aromatic carbocycles. The van der Waals surface area contributed by atoms with Gasteiger partial charge in [0.1, 0.15) is 0 Å². The third-order valence-corrected chi connectivity index (χ3v) is 19.6. The molecule has 96 heavy (non-hydrogen) atoms. The first kappa shape index (κ1) is 89.4. The van der Waals surface area contributed by atoms with Crippen molar-refractivity contribution in [2.24, 2.45) is 0 Å². The van der Waals surface area contributed by atoms with E-state index in [1.807, 2.05) is 0 Å². The zero-order valence-electron chi connectivity index (χ0n) is 63.4. The SMILES string of the molecule is C1CCNCCCN(CCC[N+]2(CCCN3CCCNCCCCNCCCNCCCNCCCNCCCCNCCC3)CCCNCCCCNCCCNCCCNCCCNCCCCNCCC2)CCCNCCCCNCCCNCCCNCCCNC1. The van der Waals surface area contributed by atoms with Crippen molar-refractivity contribution in [3.05, 3.63) is 0 Å². The molecule has 0 aromatic heterocycles. The highest BCUT2D eigenvalue weighted by atomic mass is 15.4. The van der Waals surface area contributed by atoms with Crippen LogP contribution in [0.15, 0.2) is 0 Å². The molecule has 0 aromatic rings. The van der Waals surface area contributed by atoms with Crippen molar-refractivity contribution in [2.75, 3.05) is 301 Å². The summed E-state index contributed by atoms with van der Waals surface area (Å²) < 4.78 is 1.27. The molecule has 0 bridgehead atoms. The summed E-state index contributed by atoms with van der Waals surface area (Å²) in [5.74, 6) is 0. The highest BCUT2D eigenvalue weighted by Gasteiger charge is 2.27. The van der Waals surface area contributed by atoms with E-state index in [1.165, 1.54) is 256 Å². The minimum Gasteiger partial charge on any atom is -0.323 e. The summed E-state index contributed by atoms with van der Waals surface area (Å²) in [4.78, 5) is 5.73. The molecule has 0 aliphatic carbocycles. The lowest BCUT2D eigenvalue weighted by Crippen LogP contribution is -2.53. The maximum absolute atomic E-state index is 3.95. The van der Waals surface area contributed by atoms with Crippen molar-refractivity contribution in [3.63, 3.8) is 0 Å². The number of quaternary nitrogens is 1. The van der Waals surface area contributed by atoms with Crippen LogP contribution in [-0.4, -0.2) is 315 Å². The normalized spacial score (nSPS) is 24.6. The summed E-state index contributed by atoms with van der Waals surface area (Å²) in [5, 5.41) is 67.5. The standard InChI is InChI=1S/C75H168N21/c1-7-36-82-60-22-66-94(67-23-61-83-37-8-2-31-77-43-14-49-89-55-19-54-88-48-13-42-76-30-1)70-28-74-96(72-26-64-86-40-11-5-34-80-46-17-52-92-58-21-59-93-53-18-47-81-35-6-12-41-87-65-27-73-96)75-29-71-95-68-24-62-84-38-9-3-32-78-44-15-50-90-56-20-57-91-51-16-45-79-33-4-10-39-85-63-25-69-95/h76-93H,1-75H2/q+1. The van der Waals surface area contributed by atoms with Crippen LogP contribution in [0.3, 0.4) is 0 Å². The van der Waals surface area contributed by atoms with Crippen molar-refractivity contribution in [2.45, 2.75) is 186 Å². The van der Waals surface area contributed by atoms with Gasteiger partial charge in [0.15, 0.2) is 0 Å². The van der Waals surface area contributed by atoms with Gasteiger partial charge in [-0.1, -0.05) is 0 Å². The van der Waals surface area contributed by atoms with Crippen LogP contribution in [0.4, 0.5) is 0 Å². The minimum absolute atomic E-state index is 1.11. The Bertz CT molecular complexity index is 1320. The molecule has 0 saturated carbocycles. The van der Waals surface area contributed by atoms with Gasteiger partial charge in [0.05, 0.1) is 26.2 Å². The Labute approximate surface area is 594 Å². The molecule has 21 nitrogen and oxygen atoms in total. The first-order chi connectivity index (χ1) is 47.9. The van der Waals surface area contributed by atoms with E-state index in [0.717, 1.165) is 236 Å². The highest BCUT2D eigenvalue weighted by molar-refractivity contribution is 4.69. The van der Waals surface area contributed by atoms with E-state index >= 15 is 0 Å². The Morgan fingerprint density at radius 2 is 0.292 bits per heavy atom. The van der Waals surface area contributed by atoms with Gasteiger partial charge in [-0.15, -0.1) is 0 Å². The largest absolute Gasteiger partial charge is 0.323 e. The van der Waals surface area contributed by atoms with Gasteiger partial charge in [-0.25, -0.2) is 0 Å². The number of rotatable bonds is 8. The van der Waals surface area contributed by atoms with E-state index in [9.17, 15) is 0 Å². The lowest BCUT2D eigenvalue weighted by molar-refractivity contribution is -0.928. The van der Waals surface area contributed by atoms with Crippen LogP contribution in [0, 0.1) is 0 Å². The quantitative estimate of drug-likeness (QED) is 0.157. The molecule has 0 radical (unpaired) electrons. The summed E-state index contributed by atoms with van der Waals surface area (Å²) in [6.45, 7) is 52.6. The summed E-state index contributed by atoms with van der Waals surface area (Å²) in [5.41, 5.74) is 0. The van der Waals surface area contributed by atoms with Crippen molar-refractivity contribution in [1.82, 2.24) is 106 Å². The first-order valence-electron chi connectivity index (χ1n) is 41.9. The van der Waals surface area contributed by atoms with Crippen LogP contribution in [0.2, 0.25) is 0 Å². The highest BCUT2D eigenvalue weighted by Crippen LogP contribution is 2.16. The summed E-state index contributed by atoms with van der Waals surface area (Å²) in [6, 6.07) is 0. The maximum atomic E-state index is 3.95. The van der Waals surface area contributed by atoms with Gasteiger partial charge >= 0.3 is 0 Å². The van der Waals surface area contributed by atoms with Crippen LogP contribution in [0.25, 0.3) is 0 Å².